The van der Waals surface area contributed by atoms with E-state index in [1.807, 2.05) is 29.2 Å². The predicted molar refractivity (Wildman–Crippen MR) is 107 cm³/mol. The molecule has 7 heteroatoms. The molecule has 1 fully saturated rings. The highest BCUT2D eigenvalue weighted by molar-refractivity contribution is 6.00. The minimum Gasteiger partial charge on any atom is -0.497 e. The highest BCUT2D eigenvalue weighted by Gasteiger charge is 2.28. The number of hydrogen-bond acceptors (Lipinski definition) is 5. The van der Waals surface area contributed by atoms with Crippen LogP contribution in [0.5, 0.6) is 5.75 Å². The number of benzene rings is 1. The van der Waals surface area contributed by atoms with Crippen LogP contribution in [0.1, 0.15) is 39.0 Å². The number of carbonyl (C=O) groups is 2. The quantitative estimate of drug-likeness (QED) is 0.801. The van der Waals surface area contributed by atoms with Crippen LogP contribution in [-0.4, -0.2) is 61.7 Å². The number of esters is 1. The van der Waals surface area contributed by atoms with Gasteiger partial charge in [-0.15, -0.1) is 0 Å². The van der Waals surface area contributed by atoms with Crippen molar-refractivity contribution in [2.24, 2.45) is 0 Å². The Balaban J connectivity index is 1.70. The Morgan fingerprint density at radius 2 is 1.86 bits per heavy atom. The second-order valence-corrected chi connectivity index (χ2v) is 6.83. The molecule has 0 radical (unpaired) electrons. The second kappa shape index (κ2) is 8.37. The lowest BCUT2D eigenvalue weighted by Crippen LogP contribution is -2.49. The normalized spacial score (nSPS) is 14.1. The number of aromatic nitrogens is 1. The Labute approximate surface area is 165 Å². The Morgan fingerprint density at radius 3 is 2.50 bits per heavy atom. The van der Waals surface area contributed by atoms with Crippen LogP contribution >= 0.6 is 0 Å². The van der Waals surface area contributed by atoms with Crippen LogP contribution < -0.4 is 9.64 Å². The van der Waals surface area contributed by atoms with E-state index in [0.717, 1.165) is 24.5 Å². The third-order valence-corrected chi connectivity index (χ3v) is 5.12. The lowest BCUT2D eigenvalue weighted by atomic mass is 10.1. The molecule has 0 saturated carbocycles. The molecule has 1 aliphatic heterocycles. The molecule has 1 aliphatic rings. The van der Waals surface area contributed by atoms with Crippen LogP contribution in [0, 0.1) is 13.8 Å². The molecular formula is C21H27N3O4. The highest BCUT2D eigenvalue weighted by Crippen LogP contribution is 2.24. The van der Waals surface area contributed by atoms with E-state index in [1.165, 1.54) is 0 Å². The number of methoxy groups -OCH3 is 1. The Hall–Kier alpha value is -2.96. The van der Waals surface area contributed by atoms with Gasteiger partial charge in [-0.1, -0.05) is 6.07 Å². The average molecular weight is 385 g/mol. The maximum absolute atomic E-state index is 13.0. The molecule has 1 amide bonds. The molecule has 3 rings (SSSR count). The maximum atomic E-state index is 13.0. The lowest BCUT2D eigenvalue weighted by Gasteiger charge is -2.36. The summed E-state index contributed by atoms with van der Waals surface area (Å²) in [4.78, 5) is 32.3. The van der Waals surface area contributed by atoms with Gasteiger partial charge in [0, 0.05) is 43.6 Å². The molecule has 0 aliphatic carbocycles. The minimum absolute atomic E-state index is 0.0820. The van der Waals surface area contributed by atoms with Gasteiger partial charge in [0.2, 0.25) is 0 Å². The van der Waals surface area contributed by atoms with Crippen molar-refractivity contribution in [2.75, 3.05) is 44.8 Å². The van der Waals surface area contributed by atoms with Crippen molar-refractivity contribution in [3.05, 3.63) is 46.8 Å². The van der Waals surface area contributed by atoms with Crippen molar-refractivity contribution in [2.45, 2.75) is 20.8 Å². The predicted octanol–water partition coefficient (Wildman–Crippen LogP) is 2.78. The van der Waals surface area contributed by atoms with Gasteiger partial charge in [0.15, 0.2) is 0 Å². The number of rotatable bonds is 5. The lowest BCUT2D eigenvalue weighted by molar-refractivity contribution is 0.0525. The third kappa shape index (κ3) is 3.83. The third-order valence-electron chi connectivity index (χ3n) is 5.12. The first kappa shape index (κ1) is 19.8. The van der Waals surface area contributed by atoms with E-state index < -0.39 is 5.97 Å². The van der Waals surface area contributed by atoms with Gasteiger partial charge < -0.3 is 24.3 Å². The summed E-state index contributed by atoms with van der Waals surface area (Å²) in [7, 11) is 1.65. The molecular weight excluding hydrogens is 358 g/mol. The van der Waals surface area contributed by atoms with Crippen LogP contribution in [0.25, 0.3) is 0 Å². The smallest absolute Gasteiger partial charge is 0.340 e. The van der Waals surface area contributed by atoms with Gasteiger partial charge in [-0.2, -0.15) is 0 Å². The fourth-order valence-electron chi connectivity index (χ4n) is 3.61. The molecule has 1 saturated heterocycles. The van der Waals surface area contributed by atoms with Gasteiger partial charge >= 0.3 is 5.97 Å². The average Bonchev–Trinajstić information content (AvgIpc) is 3.02. The van der Waals surface area contributed by atoms with Crippen molar-refractivity contribution in [1.29, 1.82) is 0 Å². The zero-order valence-corrected chi connectivity index (χ0v) is 16.9. The number of hydrogen-bond donors (Lipinski definition) is 1. The van der Waals surface area contributed by atoms with E-state index in [-0.39, 0.29) is 5.91 Å². The van der Waals surface area contributed by atoms with E-state index in [0.29, 0.717) is 42.2 Å². The summed E-state index contributed by atoms with van der Waals surface area (Å²) in [6, 6.07) is 7.93. The number of H-pyrrole nitrogens is 1. The number of amides is 1. The van der Waals surface area contributed by atoms with Crippen molar-refractivity contribution in [1.82, 2.24) is 9.88 Å². The molecule has 0 unspecified atom stereocenters. The van der Waals surface area contributed by atoms with Gasteiger partial charge in [0.25, 0.3) is 5.91 Å². The SMILES string of the molecule is CCOC(=O)c1c(C)[nH]c(C(=O)N2CCN(c3cccc(OC)c3)CC2)c1C. The van der Waals surface area contributed by atoms with Crippen LogP contribution in [0.4, 0.5) is 5.69 Å². The summed E-state index contributed by atoms with van der Waals surface area (Å²) < 4.78 is 10.4. The molecule has 7 nitrogen and oxygen atoms in total. The second-order valence-electron chi connectivity index (χ2n) is 6.83. The molecule has 0 bridgehead atoms. The van der Waals surface area contributed by atoms with E-state index in [2.05, 4.69) is 9.88 Å². The highest BCUT2D eigenvalue weighted by atomic mass is 16.5. The molecule has 28 heavy (non-hydrogen) atoms. The Morgan fingerprint density at radius 1 is 1.14 bits per heavy atom. The molecule has 0 atom stereocenters. The van der Waals surface area contributed by atoms with Crippen LogP contribution in [0.2, 0.25) is 0 Å². The van der Waals surface area contributed by atoms with Crippen molar-refractivity contribution < 1.29 is 19.1 Å². The molecule has 2 aromatic rings. The van der Waals surface area contributed by atoms with Gasteiger partial charge in [0.05, 0.1) is 19.3 Å². The van der Waals surface area contributed by atoms with Gasteiger partial charge in [0.1, 0.15) is 11.4 Å². The summed E-state index contributed by atoms with van der Waals surface area (Å²) in [5.41, 5.74) is 3.32. The van der Waals surface area contributed by atoms with Crippen LogP contribution in [-0.2, 0) is 4.74 Å². The number of nitrogens with one attached hydrogen (secondary N) is 1. The first-order valence-electron chi connectivity index (χ1n) is 9.50. The summed E-state index contributed by atoms with van der Waals surface area (Å²) in [6.45, 7) is 8.35. The summed E-state index contributed by atoms with van der Waals surface area (Å²) in [5.74, 6) is 0.345. The Bertz CT molecular complexity index is 867. The van der Waals surface area contributed by atoms with E-state index >= 15 is 0 Å². The number of aromatic amines is 1. The van der Waals surface area contributed by atoms with Crippen molar-refractivity contribution >= 4 is 17.6 Å². The molecule has 1 aromatic heterocycles. The summed E-state index contributed by atoms with van der Waals surface area (Å²) >= 11 is 0. The topological polar surface area (TPSA) is 74.9 Å². The number of nitrogens with zero attached hydrogens (tertiary/aromatic N) is 2. The van der Waals surface area contributed by atoms with Crippen LogP contribution in [0.3, 0.4) is 0 Å². The van der Waals surface area contributed by atoms with E-state index in [4.69, 9.17) is 9.47 Å². The number of ether oxygens (including phenoxy) is 2. The zero-order valence-electron chi connectivity index (χ0n) is 16.9. The van der Waals surface area contributed by atoms with Crippen molar-refractivity contribution in [3.63, 3.8) is 0 Å². The van der Waals surface area contributed by atoms with Gasteiger partial charge in [-0.25, -0.2) is 4.79 Å². The number of carbonyl (C=O) groups excluding carboxylic acids is 2. The molecule has 0 spiro atoms. The molecule has 1 N–H and O–H groups in total. The molecule has 2 heterocycles. The van der Waals surface area contributed by atoms with Gasteiger partial charge in [-0.3, -0.25) is 4.79 Å². The number of anilines is 1. The van der Waals surface area contributed by atoms with E-state index in [9.17, 15) is 9.59 Å². The first-order valence-corrected chi connectivity index (χ1v) is 9.50. The van der Waals surface area contributed by atoms with Crippen molar-refractivity contribution in [3.8, 4) is 5.75 Å². The summed E-state index contributed by atoms with van der Waals surface area (Å²) in [5, 5.41) is 0. The van der Waals surface area contributed by atoms with Gasteiger partial charge in [-0.05, 0) is 38.5 Å². The summed E-state index contributed by atoms with van der Waals surface area (Å²) in [6.07, 6.45) is 0. The standard InChI is InChI=1S/C21H27N3O4/c1-5-28-21(26)18-14(2)19(22-15(18)3)20(25)24-11-9-23(10-12-24)16-7-6-8-17(13-16)27-4/h6-8,13,22H,5,9-12H2,1-4H3. The number of aryl methyl sites for hydroxylation is 1. The largest absolute Gasteiger partial charge is 0.497 e. The first-order chi connectivity index (χ1) is 13.5. The zero-order chi connectivity index (χ0) is 20.3. The van der Waals surface area contributed by atoms with Crippen LogP contribution in [0.15, 0.2) is 24.3 Å². The Kier molecular flexibility index (Phi) is 5.92. The number of piperazine rings is 1. The molecule has 150 valence electrons. The maximum Gasteiger partial charge on any atom is 0.340 e. The fraction of sp³-hybridized carbons (Fsp3) is 0.429. The van der Waals surface area contributed by atoms with E-state index in [1.54, 1.807) is 27.9 Å². The fourth-order valence-corrected chi connectivity index (χ4v) is 3.61. The molecule has 1 aromatic carbocycles. The minimum atomic E-state index is -0.393. The monoisotopic (exact) mass is 385 g/mol.